The van der Waals surface area contributed by atoms with Crippen molar-refractivity contribution in [1.29, 1.82) is 0 Å². The number of nitrogens with zero attached hydrogens (tertiary/aromatic N) is 6. The Balaban J connectivity index is 1.60. The molecule has 9 nitrogen and oxygen atoms in total. The maximum absolute atomic E-state index is 6.12. The van der Waals surface area contributed by atoms with Crippen LogP contribution in [-0.2, 0) is 6.54 Å². The first-order valence-corrected chi connectivity index (χ1v) is 11.6. The molecule has 0 saturated carbocycles. The lowest BCUT2D eigenvalue weighted by Gasteiger charge is -2.37. The van der Waals surface area contributed by atoms with Crippen LogP contribution in [-0.4, -0.2) is 82.3 Å². The van der Waals surface area contributed by atoms with Gasteiger partial charge in [-0.25, -0.2) is 15.0 Å². The number of nitrogen functional groups attached to an aromatic ring is 1. The highest BCUT2D eigenvalue weighted by Gasteiger charge is 2.21. The number of benzene rings is 1. The third-order valence-electron chi connectivity index (χ3n) is 5.87. The molecule has 172 valence electrons. The van der Waals surface area contributed by atoms with E-state index in [4.69, 9.17) is 20.2 Å². The summed E-state index contributed by atoms with van der Waals surface area (Å²) in [5.74, 6) is 1.91. The summed E-state index contributed by atoms with van der Waals surface area (Å²) in [6, 6.07) is 6.33. The Labute approximate surface area is 192 Å². The zero-order valence-electron chi connectivity index (χ0n) is 19.1. The zero-order valence-corrected chi connectivity index (χ0v) is 19.9. The van der Waals surface area contributed by atoms with Gasteiger partial charge in [-0.1, -0.05) is 0 Å². The van der Waals surface area contributed by atoms with E-state index in [0.29, 0.717) is 17.4 Å². The van der Waals surface area contributed by atoms with E-state index in [9.17, 15) is 0 Å². The maximum atomic E-state index is 6.12. The first-order chi connectivity index (χ1) is 15.5. The third kappa shape index (κ3) is 4.77. The van der Waals surface area contributed by atoms with Crippen molar-refractivity contribution in [3.63, 3.8) is 0 Å². The molecule has 0 aliphatic carbocycles. The van der Waals surface area contributed by atoms with Crippen LogP contribution in [0.1, 0.15) is 13.8 Å². The SMILES string of the molecule is COc1ccc(OC)c(Sc2nc3c(N)ncnc3n2CCN2CCN(C(C)C)CC2)c1. The summed E-state index contributed by atoms with van der Waals surface area (Å²) >= 11 is 1.52. The smallest absolute Gasteiger partial charge is 0.175 e. The van der Waals surface area contributed by atoms with Gasteiger partial charge in [-0.3, -0.25) is 9.80 Å². The topological polar surface area (TPSA) is 94.6 Å². The van der Waals surface area contributed by atoms with Crippen LogP contribution >= 0.6 is 11.8 Å². The Kier molecular flexibility index (Phi) is 7.02. The Morgan fingerprint density at radius 2 is 1.84 bits per heavy atom. The van der Waals surface area contributed by atoms with Crippen LogP contribution in [0, 0.1) is 0 Å². The van der Waals surface area contributed by atoms with Gasteiger partial charge in [0, 0.05) is 45.3 Å². The summed E-state index contributed by atoms with van der Waals surface area (Å²) in [5, 5.41) is 0.805. The van der Waals surface area contributed by atoms with Crippen LogP contribution in [0.4, 0.5) is 5.82 Å². The molecule has 1 aromatic carbocycles. The van der Waals surface area contributed by atoms with Crippen molar-refractivity contribution in [2.45, 2.75) is 36.5 Å². The van der Waals surface area contributed by atoms with Crippen molar-refractivity contribution >= 4 is 28.7 Å². The minimum absolute atomic E-state index is 0.388. The highest BCUT2D eigenvalue weighted by molar-refractivity contribution is 7.99. The standard InChI is InChI=1S/C22H31N7O2S/c1-15(2)28-10-7-27(8-11-28)9-12-29-21-19(20(23)24-14-25-21)26-22(29)32-18-13-16(30-3)5-6-17(18)31-4/h5-6,13-15H,7-12H2,1-4H3,(H2,23,24,25). The first kappa shape index (κ1) is 22.6. The Morgan fingerprint density at radius 1 is 1.06 bits per heavy atom. The van der Waals surface area contributed by atoms with Gasteiger partial charge in [0.25, 0.3) is 0 Å². The van der Waals surface area contributed by atoms with E-state index >= 15 is 0 Å². The van der Waals surface area contributed by atoms with Gasteiger partial charge in [-0.2, -0.15) is 0 Å². The van der Waals surface area contributed by atoms with Crippen LogP contribution in [0.2, 0.25) is 0 Å². The molecule has 0 unspecified atom stereocenters. The average Bonchev–Trinajstić information content (AvgIpc) is 3.16. The number of hydrogen-bond acceptors (Lipinski definition) is 9. The molecule has 3 heterocycles. The second kappa shape index (κ2) is 9.93. The molecule has 0 atom stereocenters. The summed E-state index contributed by atoms with van der Waals surface area (Å²) in [5.41, 5.74) is 7.50. The summed E-state index contributed by atoms with van der Waals surface area (Å²) in [6.07, 6.45) is 1.50. The van der Waals surface area contributed by atoms with Crippen LogP contribution < -0.4 is 15.2 Å². The predicted octanol–water partition coefficient (Wildman–Crippen LogP) is 2.60. The number of ether oxygens (including phenoxy) is 2. The van der Waals surface area contributed by atoms with E-state index in [-0.39, 0.29) is 0 Å². The molecule has 0 amide bonds. The molecule has 2 N–H and O–H groups in total. The molecule has 1 aliphatic heterocycles. The van der Waals surface area contributed by atoms with Crippen molar-refractivity contribution in [2.24, 2.45) is 0 Å². The maximum Gasteiger partial charge on any atom is 0.175 e. The van der Waals surface area contributed by atoms with Crippen LogP contribution in [0.25, 0.3) is 11.2 Å². The molecule has 0 radical (unpaired) electrons. The van der Waals surface area contributed by atoms with Gasteiger partial charge in [0.15, 0.2) is 22.1 Å². The second-order valence-electron chi connectivity index (χ2n) is 8.07. The molecule has 1 fully saturated rings. The minimum Gasteiger partial charge on any atom is -0.497 e. The normalized spacial score (nSPS) is 15.5. The lowest BCUT2D eigenvalue weighted by atomic mass is 10.2. The number of anilines is 1. The Bertz CT molecular complexity index is 1060. The number of methoxy groups -OCH3 is 2. The number of imidazole rings is 1. The zero-order chi connectivity index (χ0) is 22.7. The number of rotatable bonds is 8. The first-order valence-electron chi connectivity index (χ1n) is 10.8. The van der Waals surface area contributed by atoms with Gasteiger partial charge >= 0.3 is 0 Å². The largest absolute Gasteiger partial charge is 0.497 e. The molecular weight excluding hydrogens is 426 g/mol. The Morgan fingerprint density at radius 3 is 2.53 bits per heavy atom. The molecular formula is C22H31N7O2S. The van der Waals surface area contributed by atoms with Crippen LogP contribution in [0.3, 0.4) is 0 Å². The van der Waals surface area contributed by atoms with Crippen molar-refractivity contribution in [1.82, 2.24) is 29.3 Å². The molecule has 10 heteroatoms. The lowest BCUT2D eigenvalue weighted by molar-refractivity contribution is 0.106. The van der Waals surface area contributed by atoms with E-state index in [0.717, 1.165) is 66.5 Å². The summed E-state index contributed by atoms with van der Waals surface area (Å²) in [7, 11) is 3.32. The van der Waals surface area contributed by atoms with Crippen LogP contribution in [0.15, 0.2) is 34.6 Å². The molecule has 2 aromatic heterocycles. The van der Waals surface area contributed by atoms with Gasteiger partial charge in [0.2, 0.25) is 0 Å². The lowest BCUT2D eigenvalue weighted by Crippen LogP contribution is -2.49. The third-order valence-corrected chi connectivity index (χ3v) is 6.91. The van der Waals surface area contributed by atoms with Gasteiger partial charge in [-0.15, -0.1) is 0 Å². The average molecular weight is 458 g/mol. The number of fused-ring (bicyclic) bond motifs is 1. The molecule has 0 bridgehead atoms. The molecule has 1 saturated heterocycles. The van der Waals surface area contributed by atoms with Gasteiger partial charge in [-0.05, 0) is 43.8 Å². The fraction of sp³-hybridized carbons (Fsp3) is 0.500. The molecule has 32 heavy (non-hydrogen) atoms. The van der Waals surface area contributed by atoms with Crippen molar-refractivity contribution in [3.8, 4) is 11.5 Å². The van der Waals surface area contributed by atoms with E-state index < -0.39 is 0 Å². The summed E-state index contributed by atoms with van der Waals surface area (Å²) < 4.78 is 13.1. The molecule has 4 rings (SSSR count). The van der Waals surface area contributed by atoms with Crippen molar-refractivity contribution < 1.29 is 9.47 Å². The van der Waals surface area contributed by atoms with Gasteiger partial charge < -0.3 is 19.8 Å². The number of aromatic nitrogens is 4. The summed E-state index contributed by atoms with van der Waals surface area (Å²) in [4.78, 5) is 19.3. The fourth-order valence-corrected chi connectivity index (χ4v) is 4.97. The number of hydrogen-bond donors (Lipinski definition) is 1. The number of piperazine rings is 1. The quantitative estimate of drug-likeness (QED) is 0.548. The van der Waals surface area contributed by atoms with E-state index in [1.54, 1.807) is 14.2 Å². The van der Waals surface area contributed by atoms with Crippen molar-refractivity contribution in [3.05, 3.63) is 24.5 Å². The highest BCUT2D eigenvalue weighted by atomic mass is 32.2. The monoisotopic (exact) mass is 457 g/mol. The summed E-state index contributed by atoms with van der Waals surface area (Å²) in [6.45, 7) is 10.5. The highest BCUT2D eigenvalue weighted by Crippen LogP contribution is 2.38. The van der Waals surface area contributed by atoms with E-state index in [2.05, 4.69) is 38.2 Å². The fourth-order valence-electron chi connectivity index (χ4n) is 3.92. The van der Waals surface area contributed by atoms with Crippen molar-refractivity contribution in [2.75, 3.05) is 52.7 Å². The second-order valence-corrected chi connectivity index (χ2v) is 9.08. The predicted molar refractivity (Wildman–Crippen MR) is 127 cm³/mol. The minimum atomic E-state index is 0.388. The number of nitrogens with two attached hydrogens (primary N) is 1. The van der Waals surface area contributed by atoms with E-state index in [1.807, 2.05) is 18.2 Å². The molecule has 1 aliphatic rings. The van der Waals surface area contributed by atoms with E-state index in [1.165, 1.54) is 18.1 Å². The van der Waals surface area contributed by atoms with Gasteiger partial charge in [0.1, 0.15) is 17.8 Å². The van der Waals surface area contributed by atoms with Crippen LogP contribution in [0.5, 0.6) is 11.5 Å². The molecule has 0 spiro atoms. The molecule has 3 aromatic rings. The van der Waals surface area contributed by atoms with Gasteiger partial charge in [0.05, 0.1) is 19.1 Å². The Hall–Kier alpha value is -2.56.